The van der Waals surface area contributed by atoms with Crippen LogP contribution in [0.1, 0.15) is 37.3 Å². The second-order valence-electron chi connectivity index (χ2n) is 8.56. The fourth-order valence-electron chi connectivity index (χ4n) is 4.31. The quantitative estimate of drug-likeness (QED) is 0.415. The van der Waals surface area contributed by atoms with E-state index in [1.807, 2.05) is 36.4 Å². The molecular formula is C25H32ClN3O2. The first-order chi connectivity index (χ1) is 15.1. The van der Waals surface area contributed by atoms with Crippen LogP contribution in [0.25, 0.3) is 21.8 Å². The number of hydrogen-bond acceptors (Lipinski definition) is 5. The Hall–Kier alpha value is -1.92. The number of halogens is 1. The molecule has 4 rings (SSSR count). The summed E-state index contributed by atoms with van der Waals surface area (Å²) >= 11 is 6.25. The van der Waals surface area contributed by atoms with E-state index in [1.165, 1.54) is 19.4 Å². The Morgan fingerprint density at radius 3 is 2.68 bits per heavy atom. The molecule has 31 heavy (non-hydrogen) atoms. The number of methoxy groups -OCH3 is 2. The standard InChI is InChI=1S/C25H32ClN3O2/c1-30-13-12-29(16-17-5-6-17)11-3-4-22(27)25-20-9-7-18(26)14-24(20)28-23-10-8-19(31-2)15-21(23)25/h7-10,14-15,17,22H,3-6,11-13,16,27H2,1-2H3. The minimum atomic E-state index is -0.0912. The van der Waals surface area contributed by atoms with Crippen molar-refractivity contribution in [3.05, 3.63) is 47.0 Å². The van der Waals surface area contributed by atoms with E-state index in [2.05, 4.69) is 4.90 Å². The number of nitrogens with zero attached hydrogens (tertiary/aromatic N) is 2. The molecule has 0 spiro atoms. The van der Waals surface area contributed by atoms with Gasteiger partial charge in [-0.1, -0.05) is 17.7 Å². The SMILES string of the molecule is COCCN(CCCC(N)c1c2ccc(Cl)cc2nc2ccc(OC)cc12)CC1CC1. The van der Waals surface area contributed by atoms with Crippen molar-refractivity contribution in [1.82, 2.24) is 9.88 Å². The molecule has 1 unspecified atom stereocenters. The van der Waals surface area contributed by atoms with Crippen molar-refractivity contribution in [1.29, 1.82) is 0 Å². The predicted molar refractivity (Wildman–Crippen MR) is 128 cm³/mol. The van der Waals surface area contributed by atoms with Gasteiger partial charge in [0.25, 0.3) is 0 Å². The van der Waals surface area contributed by atoms with Gasteiger partial charge in [-0.3, -0.25) is 0 Å². The van der Waals surface area contributed by atoms with Gasteiger partial charge in [0.05, 0.1) is 24.8 Å². The molecule has 5 nitrogen and oxygen atoms in total. The second kappa shape index (κ2) is 10.1. The molecule has 0 amide bonds. The maximum Gasteiger partial charge on any atom is 0.119 e. The molecular weight excluding hydrogens is 410 g/mol. The van der Waals surface area contributed by atoms with Gasteiger partial charge in [-0.05, 0) is 74.0 Å². The third-order valence-corrected chi connectivity index (χ3v) is 6.41. The summed E-state index contributed by atoms with van der Waals surface area (Å²) in [6, 6.07) is 11.8. The van der Waals surface area contributed by atoms with E-state index in [0.29, 0.717) is 5.02 Å². The number of ether oxygens (including phenoxy) is 2. The molecule has 1 aliphatic carbocycles. The third-order valence-electron chi connectivity index (χ3n) is 6.17. The minimum Gasteiger partial charge on any atom is -0.497 e. The summed E-state index contributed by atoms with van der Waals surface area (Å²) in [4.78, 5) is 7.35. The van der Waals surface area contributed by atoms with Crippen molar-refractivity contribution in [3.8, 4) is 5.75 Å². The molecule has 0 saturated heterocycles. The molecule has 3 aromatic rings. The first kappa shape index (κ1) is 22.3. The molecule has 2 aromatic carbocycles. The fraction of sp³-hybridized carbons (Fsp3) is 0.480. The van der Waals surface area contributed by atoms with Gasteiger partial charge >= 0.3 is 0 Å². The summed E-state index contributed by atoms with van der Waals surface area (Å²) in [6.45, 7) is 3.98. The van der Waals surface area contributed by atoms with Crippen LogP contribution in [0.5, 0.6) is 5.75 Å². The van der Waals surface area contributed by atoms with Crippen LogP contribution >= 0.6 is 11.6 Å². The van der Waals surface area contributed by atoms with E-state index in [-0.39, 0.29) is 6.04 Å². The zero-order valence-corrected chi connectivity index (χ0v) is 19.2. The molecule has 1 aliphatic rings. The Kier molecular flexibility index (Phi) is 7.28. The Balaban J connectivity index is 1.58. The van der Waals surface area contributed by atoms with Gasteiger partial charge < -0.3 is 20.1 Å². The maximum atomic E-state index is 6.81. The summed E-state index contributed by atoms with van der Waals surface area (Å²) in [6.07, 6.45) is 4.67. The number of rotatable bonds is 11. The van der Waals surface area contributed by atoms with Gasteiger partial charge in [0.15, 0.2) is 0 Å². The summed E-state index contributed by atoms with van der Waals surface area (Å²) in [5.74, 6) is 1.68. The lowest BCUT2D eigenvalue weighted by molar-refractivity contribution is 0.143. The first-order valence-electron chi connectivity index (χ1n) is 11.1. The summed E-state index contributed by atoms with van der Waals surface area (Å²) in [7, 11) is 3.45. The van der Waals surface area contributed by atoms with Crippen LogP contribution in [-0.2, 0) is 4.74 Å². The largest absolute Gasteiger partial charge is 0.497 e. The van der Waals surface area contributed by atoms with Crippen LogP contribution < -0.4 is 10.5 Å². The smallest absolute Gasteiger partial charge is 0.119 e. The Labute approximate surface area is 189 Å². The van der Waals surface area contributed by atoms with Gasteiger partial charge in [-0.25, -0.2) is 4.98 Å². The molecule has 0 bridgehead atoms. The summed E-state index contributed by atoms with van der Waals surface area (Å²) in [5, 5.41) is 2.80. The molecule has 0 aliphatic heterocycles. The topological polar surface area (TPSA) is 60.6 Å². The number of nitrogens with two attached hydrogens (primary N) is 1. The van der Waals surface area contributed by atoms with E-state index in [4.69, 9.17) is 31.8 Å². The van der Waals surface area contributed by atoms with Crippen molar-refractivity contribution in [2.45, 2.75) is 31.7 Å². The Morgan fingerprint density at radius 1 is 1.10 bits per heavy atom. The van der Waals surface area contributed by atoms with E-state index >= 15 is 0 Å². The van der Waals surface area contributed by atoms with Crippen molar-refractivity contribution >= 4 is 33.4 Å². The molecule has 1 aromatic heterocycles. The van der Waals surface area contributed by atoms with Crippen LogP contribution in [0.3, 0.4) is 0 Å². The number of hydrogen-bond donors (Lipinski definition) is 1. The molecule has 2 N–H and O–H groups in total. The van der Waals surface area contributed by atoms with Gasteiger partial charge in [0, 0.05) is 42.0 Å². The monoisotopic (exact) mass is 441 g/mol. The lowest BCUT2D eigenvalue weighted by atomic mass is 9.94. The normalized spacial score (nSPS) is 15.1. The highest BCUT2D eigenvalue weighted by Crippen LogP contribution is 2.35. The van der Waals surface area contributed by atoms with Crippen molar-refractivity contribution in [3.63, 3.8) is 0 Å². The number of aromatic nitrogens is 1. The summed E-state index contributed by atoms with van der Waals surface area (Å²) < 4.78 is 10.8. The second-order valence-corrected chi connectivity index (χ2v) is 8.99. The zero-order chi connectivity index (χ0) is 21.8. The number of benzene rings is 2. The van der Waals surface area contributed by atoms with E-state index in [0.717, 1.165) is 71.6 Å². The lowest BCUT2D eigenvalue weighted by Crippen LogP contribution is -2.31. The minimum absolute atomic E-state index is 0.0912. The van der Waals surface area contributed by atoms with Crippen LogP contribution in [-0.4, -0.2) is 50.3 Å². The van der Waals surface area contributed by atoms with Crippen LogP contribution in [0, 0.1) is 5.92 Å². The lowest BCUT2D eigenvalue weighted by Gasteiger charge is -2.23. The average Bonchev–Trinajstić information content (AvgIpc) is 3.59. The molecule has 1 atom stereocenters. The molecule has 0 radical (unpaired) electrons. The zero-order valence-electron chi connectivity index (χ0n) is 18.4. The van der Waals surface area contributed by atoms with Gasteiger partial charge in [0.1, 0.15) is 5.75 Å². The van der Waals surface area contributed by atoms with Crippen LogP contribution in [0.15, 0.2) is 36.4 Å². The van der Waals surface area contributed by atoms with Gasteiger partial charge in [-0.15, -0.1) is 0 Å². The highest BCUT2D eigenvalue weighted by molar-refractivity contribution is 6.31. The first-order valence-corrected chi connectivity index (χ1v) is 11.5. The summed E-state index contributed by atoms with van der Waals surface area (Å²) in [5.41, 5.74) is 9.73. The fourth-order valence-corrected chi connectivity index (χ4v) is 4.48. The van der Waals surface area contributed by atoms with Gasteiger partial charge in [-0.2, -0.15) is 0 Å². The van der Waals surface area contributed by atoms with Crippen molar-refractivity contribution in [2.24, 2.45) is 11.7 Å². The van der Waals surface area contributed by atoms with E-state index in [9.17, 15) is 0 Å². The average molecular weight is 442 g/mol. The van der Waals surface area contributed by atoms with E-state index < -0.39 is 0 Å². The number of pyridine rings is 1. The third kappa shape index (κ3) is 5.47. The maximum absolute atomic E-state index is 6.81. The predicted octanol–water partition coefficient (Wildman–Crippen LogP) is 5.19. The molecule has 1 fully saturated rings. The molecule has 1 heterocycles. The molecule has 6 heteroatoms. The Bertz CT molecular complexity index is 1040. The Morgan fingerprint density at radius 2 is 1.94 bits per heavy atom. The highest BCUT2D eigenvalue weighted by atomic mass is 35.5. The number of fused-ring (bicyclic) bond motifs is 2. The van der Waals surface area contributed by atoms with Crippen LogP contribution in [0.4, 0.5) is 0 Å². The molecule has 1 saturated carbocycles. The highest BCUT2D eigenvalue weighted by Gasteiger charge is 2.24. The molecule has 166 valence electrons. The van der Waals surface area contributed by atoms with E-state index in [1.54, 1.807) is 14.2 Å². The van der Waals surface area contributed by atoms with Crippen molar-refractivity contribution < 1.29 is 9.47 Å². The van der Waals surface area contributed by atoms with Crippen LogP contribution in [0.2, 0.25) is 5.02 Å². The van der Waals surface area contributed by atoms with Crippen molar-refractivity contribution in [2.75, 3.05) is 40.5 Å². The van der Waals surface area contributed by atoms with Gasteiger partial charge in [0.2, 0.25) is 0 Å².